The van der Waals surface area contributed by atoms with E-state index in [4.69, 9.17) is 32.7 Å². The lowest BCUT2D eigenvalue weighted by atomic mass is 10.1. The zero-order chi connectivity index (χ0) is 29.3. The molecule has 0 aliphatic carbocycles. The number of carbonyl (C=O) groups is 3. The molecule has 4 amide bonds. The molecule has 1 aliphatic rings. The number of carbonyl (C=O) groups excluding carboxylic acids is 3. The molecule has 3 aromatic carbocycles. The Bertz CT molecular complexity index is 1660. The highest BCUT2D eigenvalue weighted by molar-refractivity contribution is 6.40. The van der Waals surface area contributed by atoms with Crippen LogP contribution in [0.4, 0.5) is 21.9 Å². The molecule has 40 heavy (non-hydrogen) atoms. The first-order valence-corrected chi connectivity index (χ1v) is 11.8. The maximum absolute atomic E-state index is 13.3. The van der Waals surface area contributed by atoms with E-state index in [0.29, 0.717) is 5.56 Å². The van der Waals surface area contributed by atoms with E-state index in [0.717, 1.165) is 23.1 Å². The quantitative estimate of drug-likeness (QED) is 0.160. The summed E-state index contributed by atoms with van der Waals surface area (Å²) in [5.74, 6) is -2.45. The summed E-state index contributed by atoms with van der Waals surface area (Å²) in [5.41, 5.74) is -0.704. The van der Waals surface area contributed by atoms with Gasteiger partial charge in [-0.15, -0.1) is 0 Å². The van der Waals surface area contributed by atoms with Crippen molar-refractivity contribution in [2.75, 3.05) is 12.0 Å². The summed E-state index contributed by atoms with van der Waals surface area (Å²) < 4.78 is 10.9. The largest absolute Gasteiger partial charge is 0.493 e. The summed E-state index contributed by atoms with van der Waals surface area (Å²) in [7, 11) is 1.25. The highest BCUT2D eigenvalue weighted by atomic mass is 35.5. The lowest BCUT2D eigenvalue weighted by molar-refractivity contribution is -0.394. The zero-order valence-electron chi connectivity index (χ0n) is 20.5. The number of nitro benzene ring substituents is 2. The molecule has 15 heteroatoms. The van der Waals surface area contributed by atoms with Gasteiger partial charge in [0.1, 0.15) is 5.57 Å². The van der Waals surface area contributed by atoms with Gasteiger partial charge in [0.15, 0.2) is 11.5 Å². The number of hydrogen-bond acceptors (Lipinski definition) is 9. The molecule has 3 aromatic rings. The van der Waals surface area contributed by atoms with Crippen molar-refractivity contribution in [3.63, 3.8) is 0 Å². The maximum atomic E-state index is 13.3. The second kappa shape index (κ2) is 11.0. The van der Waals surface area contributed by atoms with E-state index in [2.05, 4.69) is 5.32 Å². The molecule has 0 bridgehead atoms. The van der Waals surface area contributed by atoms with Gasteiger partial charge in [-0.1, -0.05) is 29.3 Å². The lowest BCUT2D eigenvalue weighted by Crippen LogP contribution is -2.54. The molecular weight excluding hydrogens is 571 g/mol. The molecule has 13 nitrogen and oxygen atoms in total. The third kappa shape index (κ3) is 5.41. The van der Waals surface area contributed by atoms with Crippen molar-refractivity contribution < 1.29 is 33.7 Å². The number of rotatable bonds is 7. The Morgan fingerprint density at radius 3 is 2.33 bits per heavy atom. The minimum absolute atomic E-state index is 0.0470. The molecule has 4 rings (SSSR count). The Morgan fingerprint density at radius 2 is 1.68 bits per heavy atom. The molecule has 1 aliphatic heterocycles. The topological polar surface area (TPSA) is 171 Å². The van der Waals surface area contributed by atoms with Gasteiger partial charge in [-0.2, -0.15) is 0 Å². The Morgan fingerprint density at radius 1 is 0.950 bits per heavy atom. The lowest BCUT2D eigenvalue weighted by Gasteiger charge is -2.27. The molecule has 1 heterocycles. The molecule has 0 atom stereocenters. The van der Waals surface area contributed by atoms with E-state index in [1.54, 1.807) is 19.1 Å². The molecule has 0 unspecified atom stereocenters. The number of hydrogen-bond donors (Lipinski definition) is 1. The fourth-order valence-electron chi connectivity index (χ4n) is 3.75. The van der Waals surface area contributed by atoms with Crippen LogP contribution in [0, 0.1) is 27.2 Å². The molecule has 0 spiro atoms. The van der Waals surface area contributed by atoms with Gasteiger partial charge in [0.2, 0.25) is 5.75 Å². The number of aryl methyl sites for hydroxylation is 1. The van der Waals surface area contributed by atoms with E-state index in [-0.39, 0.29) is 38.5 Å². The number of nitrogens with zero attached hydrogens (tertiary/aromatic N) is 3. The summed E-state index contributed by atoms with van der Waals surface area (Å²) in [6, 6.07) is 9.05. The summed E-state index contributed by atoms with van der Waals surface area (Å²) in [6.45, 7) is 1.66. The monoisotopic (exact) mass is 586 g/mol. The minimum atomic E-state index is -0.957. The molecule has 0 aromatic heterocycles. The molecule has 0 radical (unpaired) electrons. The van der Waals surface area contributed by atoms with Gasteiger partial charge in [0.05, 0.1) is 33.7 Å². The van der Waals surface area contributed by atoms with Crippen molar-refractivity contribution in [3.05, 3.63) is 95.5 Å². The Labute approximate surface area is 234 Å². The van der Waals surface area contributed by atoms with Crippen molar-refractivity contribution in [1.29, 1.82) is 0 Å². The van der Waals surface area contributed by atoms with Crippen molar-refractivity contribution >= 4 is 64.2 Å². The Balaban J connectivity index is 1.74. The number of ether oxygens (including phenoxy) is 2. The molecule has 1 N–H and O–H groups in total. The normalized spacial score (nSPS) is 14.2. The van der Waals surface area contributed by atoms with E-state index < -0.39 is 44.6 Å². The first kappa shape index (κ1) is 28.0. The van der Waals surface area contributed by atoms with Crippen LogP contribution < -0.4 is 19.7 Å². The SMILES string of the molecule is COc1cc(/C=C2\C(=O)NC(=O)N(c3cc(Cl)ccc3C)C2=O)cc(Cl)c1Oc1ccc([N+](=O)[O-])cc1[N+](=O)[O-]. The predicted octanol–water partition coefficient (Wildman–Crippen LogP) is 5.59. The Hall–Kier alpha value is -5.01. The van der Waals surface area contributed by atoms with E-state index >= 15 is 0 Å². The van der Waals surface area contributed by atoms with Gasteiger partial charge in [-0.3, -0.25) is 35.1 Å². The first-order valence-electron chi connectivity index (χ1n) is 11.1. The van der Waals surface area contributed by atoms with Gasteiger partial charge in [0.25, 0.3) is 17.5 Å². The van der Waals surface area contributed by atoms with Crippen LogP contribution in [0.15, 0.2) is 54.1 Å². The van der Waals surface area contributed by atoms with E-state index in [9.17, 15) is 34.6 Å². The van der Waals surface area contributed by atoms with Crippen LogP contribution >= 0.6 is 23.2 Å². The van der Waals surface area contributed by atoms with Crippen molar-refractivity contribution in [3.8, 4) is 17.2 Å². The fourth-order valence-corrected chi connectivity index (χ4v) is 4.17. The summed E-state index contributed by atoms with van der Waals surface area (Å²) in [6.07, 6.45) is 1.17. The third-order valence-electron chi connectivity index (χ3n) is 5.64. The molecular formula is C25H16Cl2N4O9. The number of non-ortho nitro benzene ring substituents is 1. The smallest absolute Gasteiger partial charge is 0.335 e. The number of urea groups is 1. The number of amides is 4. The van der Waals surface area contributed by atoms with Crippen molar-refractivity contribution in [1.82, 2.24) is 5.32 Å². The van der Waals surface area contributed by atoms with E-state index in [1.165, 1.54) is 31.4 Å². The average molecular weight is 587 g/mol. The number of anilines is 1. The maximum Gasteiger partial charge on any atom is 0.335 e. The molecule has 0 saturated carbocycles. The summed E-state index contributed by atoms with van der Waals surface area (Å²) >= 11 is 12.4. The van der Waals surface area contributed by atoms with Gasteiger partial charge in [0, 0.05) is 11.1 Å². The standard InChI is InChI=1S/C25H16Cl2N4O9/c1-12-3-4-14(26)10-18(12)29-24(33)16(23(32)28-25(29)34)7-13-8-17(27)22(21(9-13)39-2)40-20-6-5-15(30(35)36)11-19(20)31(37)38/h3-11H,1-2H3,(H,28,32,34)/b16-7+. The third-order valence-corrected chi connectivity index (χ3v) is 6.15. The Kier molecular flexibility index (Phi) is 7.70. The first-order chi connectivity index (χ1) is 18.9. The number of halogens is 2. The van der Waals surface area contributed by atoms with Gasteiger partial charge in [-0.25, -0.2) is 9.69 Å². The van der Waals surface area contributed by atoms with Gasteiger partial charge >= 0.3 is 11.7 Å². The minimum Gasteiger partial charge on any atom is -0.493 e. The van der Waals surface area contributed by atoms with Crippen LogP contribution in [0.25, 0.3) is 6.08 Å². The van der Waals surface area contributed by atoms with Crippen molar-refractivity contribution in [2.45, 2.75) is 6.92 Å². The molecule has 204 valence electrons. The van der Waals surface area contributed by atoms with Gasteiger partial charge in [-0.05, 0) is 54.5 Å². The van der Waals surface area contributed by atoms with Crippen LogP contribution in [-0.2, 0) is 9.59 Å². The van der Waals surface area contributed by atoms with Crippen LogP contribution in [-0.4, -0.2) is 34.8 Å². The highest BCUT2D eigenvalue weighted by Gasteiger charge is 2.37. The van der Waals surface area contributed by atoms with Crippen molar-refractivity contribution in [2.24, 2.45) is 0 Å². The second-order valence-corrected chi connectivity index (χ2v) is 9.03. The molecule has 1 saturated heterocycles. The second-order valence-electron chi connectivity index (χ2n) is 8.19. The van der Waals surface area contributed by atoms with Gasteiger partial charge < -0.3 is 9.47 Å². The predicted molar refractivity (Wildman–Crippen MR) is 143 cm³/mol. The van der Waals surface area contributed by atoms with Crippen LogP contribution in [0.2, 0.25) is 10.0 Å². The fraction of sp³-hybridized carbons (Fsp3) is 0.0800. The molecule has 1 fully saturated rings. The average Bonchev–Trinajstić information content (AvgIpc) is 2.89. The number of nitrogens with one attached hydrogen (secondary N) is 1. The number of methoxy groups -OCH3 is 1. The summed E-state index contributed by atoms with van der Waals surface area (Å²) in [4.78, 5) is 60.0. The number of nitro groups is 2. The number of imide groups is 2. The van der Waals surface area contributed by atoms with Crippen LogP contribution in [0.3, 0.4) is 0 Å². The highest BCUT2D eigenvalue weighted by Crippen LogP contribution is 2.43. The summed E-state index contributed by atoms with van der Waals surface area (Å²) in [5, 5.41) is 24.7. The van der Waals surface area contributed by atoms with Crippen LogP contribution in [0.5, 0.6) is 17.2 Å². The number of benzene rings is 3. The number of barbiturate groups is 1. The zero-order valence-corrected chi connectivity index (χ0v) is 22.0. The van der Waals surface area contributed by atoms with Crippen LogP contribution in [0.1, 0.15) is 11.1 Å². The van der Waals surface area contributed by atoms with E-state index in [1.807, 2.05) is 0 Å².